The second-order valence-corrected chi connectivity index (χ2v) is 6.71. The van der Waals surface area contributed by atoms with E-state index in [1.54, 1.807) is 18.3 Å². The maximum Gasteiger partial charge on any atom is 0.573 e. The van der Waals surface area contributed by atoms with Gasteiger partial charge >= 0.3 is 6.36 Å². The van der Waals surface area contributed by atoms with Crippen molar-refractivity contribution < 1.29 is 22.7 Å². The van der Waals surface area contributed by atoms with E-state index in [1.165, 1.54) is 41.2 Å². The number of fused-ring (bicyclic) bond motifs is 1. The number of alkyl halides is 3. The molecule has 3 aromatic heterocycles. The lowest BCUT2D eigenvalue weighted by atomic mass is 10.1. The van der Waals surface area contributed by atoms with E-state index in [-0.39, 0.29) is 28.2 Å². The number of aromatic nitrogens is 4. The number of hydrogen-bond acceptors (Lipinski definition) is 5. The fraction of sp³-hybridized carbons (Fsp3) is 0.143. The normalized spacial score (nSPS) is 11.5. The van der Waals surface area contributed by atoms with Crippen molar-refractivity contribution in [3.63, 3.8) is 0 Å². The second kappa shape index (κ2) is 7.71. The van der Waals surface area contributed by atoms with Crippen LogP contribution in [-0.4, -0.2) is 31.9 Å². The Kier molecular flexibility index (Phi) is 5.05. The minimum Gasteiger partial charge on any atom is -0.405 e. The lowest BCUT2D eigenvalue weighted by Gasteiger charge is -2.13. The van der Waals surface area contributed by atoms with Crippen LogP contribution in [0.3, 0.4) is 0 Å². The molecule has 31 heavy (non-hydrogen) atoms. The zero-order valence-corrected chi connectivity index (χ0v) is 16.4. The smallest absolute Gasteiger partial charge is 0.405 e. The topological polar surface area (TPSA) is 81.4 Å². The van der Waals surface area contributed by atoms with Crippen molar-refractivity contribution in [3.8, 4) is 17.0 Å². The van der Waals surface area contributed by atoms with E-state index in [0.717, 1.165) is 11.3 Å². The summed E-state index contributed by atoms with van der Waals surface area (Å²) < 4.78 is 43.8. The van der Waals surface area contributed by atoms with E-state index in [0.29, 0.717) is 5.69 Å². The Labute approximate surface area is 174 Å². The van der Waals surface area contributed by atoms with E-state index in [9.17, 15) is 18.0 Å². The first kappa shape index (κ1) is 20.3. The first-order valence-electron chi connectivity index (χ1n) is 9.16. The molecule has 0 radical (unpaired) electrons. The zero-order valence-electron chi connectivity index (χ0n) is 16.4. The molecule has 1 amide bonds. The largest absolute Gasteiger partial charge is 0.573 e. The Bertz CT molecular complexity index is 1280. The third kappa shape index (κ3) is 4.18. The fourth-order valence-electron chi connectivity index (χ4n) is 3.04. The number of hydrogen-bond donors (Lipinski definition) is 1. The van der Waals surface area contributed by atoms with E-state index in [2.05, 4.69) is 25.1 Å². The summed E-state index contributed by atoms with van der Waals surface area (Å²) in [5.41, 5.74) is 2.90. The number of benzene rings is 1. The Morgan fingerprint density at radius 3 is 2.68 bits per heavy atom. The maximum atomic E-state index is 12.9. The summed E-state index contributed by atoms with van der Waals surface area (Å²) in [4.78, 5) is 21.4. The van der Waals surface area contributed by atoms with Crippen LogP contribution in [0, 0.1) is 13.8 Å². The molecule has 0 bridgehead atoms. The van der Waals surface area contributed by atoms with Crippen LogP contribution in [0.15, 0.2) is 55.0 Å². The van der Waals surface area contributed by atoms with Crippen LogP contribution < -0.4 is 10.1 Å². The fourth-order valence-corrected chi connectivity index (χ4v) is 3.04. The van der Waals surface area contributed by atoms with Crippen molar-refractivity contribution in [2.45, 2.75) is 20.2 Å². The number of para-hydroxylation sites is 1. The Balaban J connectivity index is 1.72. The van der Waals surface area contributed by atoms with Crippen LogP contribution in [0.1, 0.15) is 21.6 Å². The molecule has 0 aliphatic heterocycles. The number of anilines is 1. The van der Waals surface area contributed by atoms with Crippen LogP contribution in [0.5, 0.6) is 5.75 Å². The molecular weight excluding hydrogens is 411 g/mol. The molecule has 4 rings (SSSR count). The summed E-state index contributed by atoms with van der Waals surface area (Å²) in [6.45, 7) is 3.66. The molecule has 0 fully saturated rings. The van der Waals surface area contributed by atoms with Crippen LogP contribution in [0.4, 0.5) is 18.9 Å². The zero-order chi connectivity index (χ0) is 22.2. The van der Waals surface area contributed by atoms with Gasteiger partial charge in [0.05, 0.1) is 11.9 Å². The second-order valence-electron chi connectivity index (χ2n) is 6.71. The van der Waals surface area contributed by atoms with Gasteiger partial charge < -0.3 is 10.1 Å². The number of pyridine rings is 1. The third-order valence-electron chi connectivity index (χ3n) is 4.71. The summed E-state index contributed by atoms with van der Waals surface area (Å²) in [7, 11) is 0. The molecule has 0 saturated heterocycles. The van der Waals surface area contributed by atoms with Crippen molar-refractivity contribution in [2.24, 2.45) is 0 Å². The molecule has 1 aromatic carbocycles. The van der Waals surface area contributed by atoms with Crippen molar-refractivity contribution in [1.82, 2.24) is 19.6 Å². The van der Waals surface area contributed by atoms with Crippen molar-refractivity contribution in [3.05, 3.63) is 71.8 Å². The predicted octanol–water partition coefficient (Wildman–Crippen LogP) is 4.56. The first-order chi connectivity index (χ1) is 14.7. The van der Waals surface area contributed by atoms with Gasteiger partial charge in [0.25, 0.3) is 5.91 Å². The van der Waals surface area contributed by atoms with Gasteiger partial charge in [-0.25, -0.2) is 9.50 Å². The molecule has 0 atom stereocenters. The number of nitrogens with one attached hydrogen (secondary N) is 1. The van der Waals surface area contributed by atoms with Gasteiger partial charge in [0.1, 0.15) is 11.3 Å². The minimum absolute atomic E-state index is 0.135. The minimum atomic E-state index is -4.84. The maximum absolute atomic E-state index is 12.9. The van der Waals surface area contributed by atoms with Crippen LogP contribution in [0.2, 0.25) is 0 Å². The highest BCUT2D eigenvalue weighted by Crippen LogP contribution is 2.33. The molecule has 0 spiro atoms. The van der Waals surface area contributed by atoms with E-state index in [4.69, 9.17) is 0 Å². The lowest BCUT2D eigenvalue weighted by Crippen LogP contribution is -2.17. The molecule has 1 N–H and O–H groups in total. The summed E-state index contributed by atoms with van der Waals surface area (Å²) in [6, 6.07) is 8.83. The quantitative estimate of drug-likeness (QED) is 0.516. The molecule has 10 heteroatoms. The highest BCUT2D eigenvalue weighted by molar-refractivity contribution is 6.08. The lowest BCUT2D eigenvalue weighted by molar-refractivity contribution is -0.274. The monoisotopic (exact) mass is 427 g/mol. The van der Waals surface area contributed by atoms with Gasteiger partial charge in [-0.2, -0.15) is 5.10 Å². The number of carbonyl (C=O) groups excluding carboxylic acids is 1. The van der Waals surface area contributed by atoms with Gasteiger partial charge in [-0.1, -0.05) is 12.1 Å². The number of halogens is 3. The van der Waals surface area contributed by atoms with Crippen LogP contribution in [0.25, 0.3) is 16.9 Å². The number of carbonyl (C=O) groups is 1. The van der Waals surface area contributed by atoms with E-state index in [1.807, 2.05) is 13.8 Å². The van der Waals surface area contributed by atoms with Crippen molar-refractivity contribution in [2.75, 3.05) is 5.32 Å². The molecule has 7 nitrogen and oxygen atoms in total. The highest BCUT2D eigenvalue weighted by atomic mass is 19.4. The SMILES string of the molecule is Cc1nccc(NC(=O)c2cnn3ccc(-c4ccccc4OC(F)(F)F)nc23)c1C. The van der Waals surface area contributed by atoms with Gasteiger partial charge in [-0.15, -0.1) is 13.2 Å². The van der Waals surface area contributed by atoms with Gasteiger partial charge in [-0.3, -0.25) is 9.78 Å². The van der Waals surface area contributed by atoms with Crippen LogP contribution >= 0.6 is 0 Å². The van der Waals surface area contributed by atoms with E-state index < -0.39 is 12.3 Å². The average molecular weight is 427 g/mol. The number of aryl methyl sites for hydroxylation is 1. The molecule has 4 aromatic rings. The van der Waals surface area contributed by atoms with Gasteiger partial charge in [0.15, 0.2) is 5.65 Å². The Morgan fingerprint density at radius 1 is 1.13 bits per heavy atom. The van der Waals surface area contributed by atoms with Gasteiger partial charge in [-0.05, 0) is 43.7 Å². The average Bonchev–Trinajstić information content (AvgIpc) is 3.14. The summed E-state index contributed by atoms with van der Waals surface area (Å²) in [5, 5.41) is 6.91. The number of rotatable bonds is 4. The van der Waals surface area contributed by atoms with Crippen LogP contribution in [-0.2, 0) is 0 Å². The molecular formula is C21H16F3N5O2. The molecule has 0 aliphatic carbocycles. The van der Waals surface area contributed by atoms with Gasteiger partial charge in [0, 0.05) is 29.3 Å². The first-order valence-corrected chi connectivity index (χ1v) is 9.16. The Morgan fingerprint density at radius 2 is 1.90 bits per heavy atom. The molecule has 0 aliphatic rings. The van der Waals surface area contributed by atoms with Gasteiger partial charge in [0.2, 0.25) is 0 Å². The third-order valence-corrected chi connectivity index (χ3v) is 4.71. The summed E-state index contributed by atoms with van der Waals surface area (Å²) in [6.07, 6.45) is -0.395. The highest BCUT2D eigenvalue weighted by Gasteiger charge is 2.32. The summed E-state index contributed by atoms with van der Waals surface area (Å²) in [5.74, 6) is -0.839. The number of amides is 1. The molecule has 158 valence electrons. The predicted molar refractivity (Wildman–Crippen MR) is 107 cm³/mol. The molecule has 0 unspecified atom stereocenters. The van der Waals surface area contributed by atoms with E-state index >= 15 is 0 Å². The Hall–Kier alpha value is -3.95. The molecule has 3 heterocycles. The number of nitrogens with zero attached hydrogens (tertiary/aromatic N) is 4. The van der Waals surface area contributed by atoms with Crippen molar-refractivity contribution >= 4 is 17.2 Å². The summed E-state index contributed by atoms with van der Waals surface area (Å²) >= 11 is 0. The van der Waals surface area contributed by atoms with Crippen molar-refractivity contribution in [1.29, 1.82) is 0 Å². The molecule has 0 saturated carbocycles. The number of ether oxygens (including phenoxy) is 1. The standard InChI is InChI=1S/C21H16F3N5O2/c1-12-13(2)25-9-7-16(12)28-20(30)15-11-26-29-10-8-17(27-19(15)29)14-5-3-4-6-18(14)31-21(22,23)24/h3-11H,1-2H3,(H,25,28,30).